The van der Waals surface area contributed by atoms with Crippen molar-refractivity contribution >= 4 is 11.8 Å². The first-order chi connectivity index (χ1) is 7.97. The van der Waals surface area contributed by atoms with Crippen LogP contribution in [0.4, 0.5) is 0 Å². The predicted octanol–water partition coefficient (Wildman–Crippen LogP) is 1.02. The summed E-state index contributed by atoms with van der Waals surface area (Å²) in [7, 11) is 0. The van der Waals surface area contributed by atoms with Crippen LogP contribution < -0.4 is 5.32 Å². The van der Waals surface area contributed by atoms with E-state index in [1.165, 1.54) is 0 Å². The molecule has 4 nitrogen and oxygen atoms in total. The Bertz CT molecular complexity index is 311. The van der Waals surface area contributed by atoms with Crippen LogP contribution in [-0.4, -0.2) is 35.8 Å². The van der Waals surface area contributed by atoms with E-state index in [0.29, 0.717) is 37.1 Å². The number of nitrogens with one attached hydrogen (secondary N) is 1. The molecule has 96 valence electrons. The molecule has 0 aliphatic carbocycles. The standard InChI is InChI=1S/C13H22N2O2/c1-8(2)9(3)4-13(17)15-6-10-5-12(16)14-11(10)7-15/h8-11H,4-7H2,1-3H3,(H,14,16). The topological polar surface area (TPSA) is 49.4 Å². The van der Waals surface area contributed by atoms with Crippen molar-refractivity contribution in [3.05, 3.63) is 0 Å². The number of likely N-dealkylation sites (tertiary alicyclic amines) is 1. The third kappa shape index (κ3) is 2.61. The number of amides is 2. The molecule has 2 rings (SSSR count). The molecule has 0 aromatic heterocycles. The lowest BCUT2D eigenvalue weighted by atomic mass is 9.94. The minimum absolute atomic E-state index is 0.141. The molecule has 3 atom stereocenters. The highest BCUT2D eigenvalue weighted by molar-refractivity contribution is 5.81. The van der Waals surface area contributed by atoms with Crippen molar-refractivity contribution in [1.29, 1.82) is 0 Å². The number of fused-ring (bicyclic) bond motifs is 1. The van der Waals surface area contributed by atoms with Crippen molar-refractivity contribution < 1.29 is 9.59 Å². The van der Waals surface area contributed by atoms with Gasteiger partial charge in [-0.15, -0.1) is 0 Å². The second kappa shape index (κ2) is 4.67. The first-order valence-electron chi connectivity index (χ1n) is 6.54. The largest absolute Gasteiger partial charge is 0.351 e. The van der Waals surface area contributed by atoms with Crippen molar-refractivity contribution in [3.63, 3.8) is 0 Å². The molecule has 2 amide bonds. The van der Waals surface area contributed by atoms with Crippen LogP contribution in [-0.2, 0) is 9.59 Å². The number of nitrogens with zero attached hydrogens (tertiary/aromatic N) is 1. The smallest absolute Gasteiger partial charge is 0.222 e. The summed E-state index contributed by atoms with van der Waals surface area (Å²) < 4.78 is 0. The summed E-state index contributed by atoms with van der Waals surface area (Å²) in [6.07, 6.45) is 1.22. The molecular formula is C13H22N2O2. The first kappa shape index (κ1) is 12.4. The Morgan fingerprint density at radius 1 is 1.41 bits per heavy atom. The Labute approximate surface area is 103 Å². The maximum absolute atomic E-state index is 12.1. The Morgan fingerprint density at radius 3 is 2.71 bits per heavy atom. The summed E-state index contributed by atoms with van der Waals surface area (Å²) in [5.74, 6) is 1.71. The number of carbonyl (C=O) groups excluding carboxylic acids is 2. The molecule has 0 spiro atoms. The predicted molar refractivity (Wildman–Crippen MR) is 65.2 cm³/mol. The third-order valence-electron chi connectivity index (χ3n) is 4.22. The van der Waals surface area contributed by atoms with Crippen LogP contribution >= 0.6 is 0 Å². The summed E-state index contributed by atoms with van der Waals surface area (Å²) >= 11 is 0. The van der Waals surface area contributed by atoms with Gasteiger partial charge >= 0.3 is 0 Å². The van der Waals surface area contributed by atoms with Crippen LogP contribution in [0, 0.1) is 17.8 Å². The maximum atomic E-state index is 12.1. The molecule has 0 aromatic carbocycles. The zero-order chi connectivity index (χ0) is 12.6. The van der Waals surface area contributed by atoms with E-state index in [2.05, 4.69) is 26.1 Å². The van der Waals surface area contributed by atoms with Gasteiger partial charge in [-0.2, -0.15) is 0 Å². The Kier molecular flexibility index (Phi) is 3.40. The number of hydrogen-bond donors (Lipinski definition) is 1. The highest BCUT2D eigenvalue weighted by Gasteiger charge is 2.41. The van der Waals surface area contributed by atoms with Gasteiger partial charge in [-0.05, 0) is 11.8 Å². The second-order valence-electron chi connectivity index (χ2n) is 5.86. The highest BCUT2D eigenvalue weighted by atomic mass is 16.2. The van der Waals surface area contributed by atoms with Gasteiger partial charge in [-0.3, -0.25) is 9.59 Å². The average Bonchev–Trinajstić information content (AvgIpc) is 2.73. The van der Waals surface area contributed by atoms with Gasteiger partial charge in [0.25, 0.3) is 0 Å². The van der Waals surface area contributed by atoms with Gasteiger partial charge in [0.1, 0.15) is 0 Å². The lowest BCUT2D eigenvalue weighted by Gasteiger charge is -2.21. The average molecular weight is 238 g/mol. The van der Waals surface area contributed by atoms with Gasteiger partial charge in [-0.25, -0.2) is 0 Å². The van der Waals surface area contributed by atoms with Gasteiger partial charge in [0.15, 0.2) is 0 Å². The molecule has 0 aromatic rings. The van der Waals surface area contributed by atoms with E-state index < -0.39 is 0 Å². The van der Waals surface area contributed by atoms with Crippen molar-refractivity contribution in [1.82, 2.24) is 10.2 Å². The van der Waals surface area contributed by atoms with E-state index >= 15 is 0 Å². The molecule has 2 aliphatic heterocycles. The molecule has 2 aliphatic rings. The Hall–Kier alpha value is -1.06. The molecule has 1 N–H and O–H groups in total. The number of hydrogen-bond acceptors (Lipinski definition) is 2. The quantitative estimate of drug-likeness (QED) is 0.798. The summed E-state index contributed by atoms with van der Waals surface area (Å²) in [6.45, 7) is 7.89. The van der Waals surface area contributed by atoms with E-state index in [-0.39, 0.29) is 17.9 Å². The molecule has 0 radical (unpaired) electrons. The van der Waals surface area contributed by atoms with Crippen molar-refractivity contribution in [3.8, 4) is 0 Å². The van der Waals surface area contributed by atoms with Crippen LogP contribution in [0.5, 0.6) is 0 Å². The van der Waals surface area contributed by atoms with E-state index in [0.717, 1.165) is 6.54 Å². The summed E-state index contributed by atoms with van der Waals surface area (Å²) in [5.41, 5.74) is 0. The van der Waals surface area contributed by atoms with Crippen molar-refractivity contribution in [2.75, 3.05) is 13.1 Å². The Balaban J connectivity index is 1.85. The molecule has 3 unspecified atom stereocenters. The highest BCUT2D eigenvalue weighted by Crippen LogP contribution is 2.26. The number of carbonyl (C=O) groups is 2. The number of rotatable bonds is 3. The molecule has 2 fully saturated rings. The van der Waals surface area contributed by atoms with Gasteiger partial charge in [-0.1, -0.05) is 20.8 Å². The lowest BCUT2D eigenvalue weighted by Crippen LogP contribution is -2.36. The molecule has 2 heterocycles. The minimum atomic E-state index is 0.141. The zero-order valence-electron chi connectivity index (χ0n) is 10.9. The normalized spacial score (nSPS) is 29.4. The van der Waals surface area contributed by atoms with E-state index in [9.17, 15) is 9.59 Å². The van der Waals surface area contributed by atoms with Crippen LogP contribution in [0.1, 0.15) is 33.6 Å². The fourth-order valence-corrected chi connectivity index (χ4v) is 2.59. The SMILES string of the molecule is CC(C)C(C)CC(=O)N1CC2CC(=O)NC2C1. The van der Waals surface area contributed by atoms with E-state index in [4.69, 9.17) is 0 Å². The summed E-state index contributed by atoms with van der Waals surface area (Å²) in [5, 5.41) is 2.94. The van der Waals surface area contributed by atoms with Gasteiger partial charge in [0, 0.05) is 31.8 Å². The van der Waals surface area contributed by atoms with Crippen LogP contribution in [0.2, 0.25) is 0 Å². The molecule has 0 bridgehead atoms. The molecular weight excluding hydrogens is 216 g/mol. The first-order valence-corrected chi connectivity index (χ1v) is 6.54. The third-order valence-corrected chi connectivity index (χ3v) is 4.22. The van der Waals surface area contributed by atoms with Gasteiger partial charge in [0.05, 0.1) is 6.04 Å². The van der Waals surface area contributed by atoms with Gasteiger partial charge < -0.3 is 10.2 Å². The molecule has 0 saturated carbocycles. The maximum Gasteiger partial charge on any atom is 0.222 e. The van der Waals surface area contributed by atoms with Crippen molar-refractivity contribution in [2.45, 2.75) is 39.7 Å². The van der Waals surface area contributed by atoms with E-state index in [1.807, 2.05) is 4.90 Å². The molecule has 17 heavy (non-hydrogen) atoms. The lowest BCUT2D eigenvalue weighted by molar-refractivity contribution is -0.132. The fourth-order valence-electron chi connectivity index (χ4n) is 2.59. The fraction of sp³-hybridized carbons (Fsp3) is 0.846. The Morgan fingerprint density at radius 2 is 2.12 bits per heavy atom. The summed E-state index contributed by atoms with van der Waals surface area (Å²) in [6, 6.07) is 0.209. The van der Waals surface area contributed by atoms with Gasteiger partial charge in [0.2, 0.25) is 11.8 Å². The van der Waals surface area contributed by atoms with Crippen molar-refractivity contribution in [2.24, 2.45) is 17.8 Å². The molecule has 2 saturated heterocycles. The summed E-state index contributed by atoms with van der Waals surface area (Å²) in [4.78, 5) is 25.2. The van der Waals surface area contributed by atoms with Crippen LogP contribution in [0.3, 0.4) is 0 Å². The molecule has 4 heteroatoms. The second-order valence-corrected chi connectivity index (χ2v) is 5.86. The van der Waals surface area contributed by atoms with Crippen LogP contribution in [0.15, 0.2) is 0 Å². The minimum Gasteiger partial charge on any atom is -0.351 e. The van der Waals surface area contributed by atoms with Crippen LogP contribution in [0.25, 0.3) is 0 Å². The van der Waals surface area contributed by atoms with E-state index in [1.54, 1.807) is 0 Å². The zero-order valence-corrected chi connectivity index (χ0v) is 10.9. The monoisotopic (exact) mass is 238 g/mol.